The Morgan fingerprint density at radius 2 is 1.00 bits per heavy atom. The zero-order valence-electron chi connectivity index (χ0n) is 28.9. The van der Waals surface area contributed by atoms with E-state index in [2.05, 4.69) is 195 Å². The van der Waals surface area contributed by atoms with Crippen LogP contribution in [0.5, 0.6) is 0 Å². The summed E-state index contributed by atoms with van der Waals surface area (Å²) in [6.07, 6.45) is 0. The SMILES string of the molecule is CC1(C)c2cc(-c3ccc4c(c3)c3cccc5c3n4-c3ccccc3C5(C)C)ccc2-c2ccc(N(c3ccccc3)c3ccccc3)cc21. The number of rotatable bonds is 4. The Morgan fingerprint density at radius 3 is 1.74 bits per heavy atom. The number of fused-ring (bicyclic) bond motifs is 8. The molecule has 0 saturated carbocycles. The highest BCUT2D eigenvalue weighted by Crippen LogP contribution is 2.52. The average Bonchev–Trinajstić information content (AvgIpc) is 3.60. The van der Waals surface area contributed by atoms with Crippen LogP contribution in [-0.2, 0) is 10.8 Å². The molecule has 50 heavy (non-hydrogen) atoms. The highest BCUT2D eigenvalue weighted by molar-refractivity contribution is 6.12. The molecule has 1 aromatic heterocycles. The van der Waals surface area contributed by atoms with E-state index >= 15 is 0 Å². The molecular formula is C48H38N2. The first-order valence-corrected chi connectivity index (χ1v) is 17.7. The van der Waals surface area contributed by atoms with E-state index in [4.69, 9.17) is 0 Å². The van der Waals surface area contributed by atoms with Crippen molar-refractivity contribution in [3.63, 3.8) is 0 Å². The van der Waals surface area contributed by atoms with E-state index in [1.165, 1.54) is 77.7 Å². The van der Waals surface area contributed by atoms with Gasteiger partial charge in [-0.15, -0.1) is 0 Å². The first kappa shape index (κ1) is 29.1. The lowest BCUT2D eigenvalue weighted by Gasteiger charge is -2.34. The minimum atomic E-state index is -0.154. The molecule has 0 fully saturated rings. The smallest absolute Gasteiger partial charge is 0.0582 e. The van der Waals surface area contributed by atoms with Gasteiger partial charge in [0.15, 0.2) is 0 Å². The van der Waals surface area contributed by atoms with Crippen molar-refractivity contribution in [2.24, 2.45) is 0 Å². The Kier molecular flexibility index (Phi) is 6.01. The topological polar surface area (TPSA) is 8.17 Å². The number of anilines is 3. The number of hydrogen-bond acceptors (Lipinski definition) is 1. The van der Waals surface area contributed by atoms with Crippen molar-refractivity contribution < 1.29 is 0 Å². The van der Waals surface area contributed by atoms with Crippen molar-refractivity contribution >= 4 is 38.9 Å². The van der Waals surface area contributed by atoms with Crippen molar-refractivity contribution in [1.82, 2.24) is 4.57 Å². The third-order valence-electron chi connectivity index (χ3n) is 11.6. The van der Waals surface area contributed by atoms with E-state index in [1.807, 2.05) is 0 Å². The van der Waals surface area contributed by atoms with Gasteiger partial charge in [-0.3, -0.25) is 0 Å². The fraction of sp³-hybridized carbons (Fsp3) is 0.125. The van der Waals surface area contributed by atoms with Gasteiger partial charge in [-0.05, 0) is 105 Å². The molecule has 7 aromatic carbocycles. The molecule has 0 spiro atoms. The summed E-state index contributed by atoms with van der Waals surface area (Å²) in [5.41, 5.74) is 17.8. The molecule has 2 heterocycles. The number of hydrogen-bond donors (Lipinski definition) is 0. The maximum atomic E-state index is 2.50. The minimum Gasteiger partial charge on any atom is -0.310 e. The van der Waals surface area contributed by atoms with E-state index in [-0.39, 0.29) is 10.8 Å². The number of nitrogens with zero attached hydrogens (tertiary/aromatic N) is 2. The summed E-state index contributed by atoms with van der Waals surface area (Å²) < 4.78 is 2.50. The maximum absolute atomic E-state index is 2.50. The van der Waals surface area contributed by atoms with Crippen LogP contribution in [0.4, 0.5) is 17.1 Å². The molecule has 0 atom stereocenters. The molecule has 0 unspecified atom stereocenters. The summed E-state index contributed by atoms with van der Waals surface area (Å²) in [6.45, 7) is 9.49. The molecule has 0 saturated heterocycles. The quantitative estimate of drug-likeness (QED) is 0.185. The minimum absolute atomic E-state index is 0.0665. The third-order valence-corrected chi connectivity index (χ3v) is 11.6. The molecule has 10 rings (SSSR count). The zero-order chi connectivity index (χ0) is 33.8. The van der Waals surface area contributed by atoms with Crippen LogP contribution in [0, 0.1) is 0 Å². The van der Waals surface area contributed by atoms with Crippen LogP contribution >= 0.6 is 0 Å². The van der Waals surface area contributed by atoms with E-state index in [0.717, 1.165) is 11.4 Å². The van der Waals surface area contributed by atoms with Gasteiger partial charge in [0.05, 0.1) is 16.7 Å². The van der Waals surface area contributed by atoms with Gasteiger partial charge in [0, 0.05) is 38.7 Å². The maximum Gasteiger partial charge on any atom is 0.0582 e. The highest BCUT2D eigenvalue weighted by atomic mass is 15.1. The molecule has 0 radical (unpaired) electrons. The second-order valence-electron chi connectivity index (χ2n) is 15.0. The monoisotopic (exact) mass is 642 g/mol. The lowest BCUT2D eigenvalue weighted by Crippen LogP contribution is -2.26. The fourth-order valence-electron chi connectivity index (χ4n) is 8.99. The van der Waals surface area contributed by atoms with E-state index in [0.29, 0.717) is 0 Å². The van der Waals surface area contributed by atoms with Crippen molar-refractivity contribution in [2.45, 2.75) is 38.5 Å². The number of aromatic nitrogens is 1. The third kappa shape index (κ3) is 3.96. The fourth-order valence-corrected chi connectivity index (χ4v) is 8.99. The molecule has 2 aliphatic rings. The lowest BCUT2D eigenvalue weighted by atomic mass is 9.75. The van der Waals surface area contributed by atoms with E-state index in [1.54, 1.807) is 0 Å². The first-order chi connectivity index (χ1) is 24.3. The first-order valence-electron chi connectivity index (χ1n) is 17.7. The lowest BCUT2D eigenvalue weighted by molar-refractivity contribution is 0.630. The van der Waals surface area contributed by atoms with Crippen LogP contribution in [0.3, 0.4) is 0 Å². The molecule has 2 heteroatoms. The highest BCUT2D eigenvalue weighted by Gasteiger charge is 2.37. The van der Waals surface area contributed by atoms with Gasteiger partial charge in [-0.1, -0.05) is 125 Å². The second-order valence-corrected chi connectivity index (χ2v) is 15.0. The predicted molar refractivity (Wildman–Crippen MR) is 211 cm³/mol. The summed E-state index contributed by atoms with van der Waals surface area (Å²) in [6, 6.07) is 58.4. The van der Waals surface area contributed by atoms with Crippen molar-refractivity contribution in [2.75, 3.05) is 4.90 Å². The summed E-state index contributed by atoms with van der Waals surface area (Å²) >= 11 is 0. The normalized spacial score (nSPS) is 14.7. The number of para-hydroxylation sites is 4. The van der Waals surface area contributed by atoms with E-state index in [9.17, 15) is 0 Å². The Bertz CT molecular complexity index is 2600. The molecule has 1 aliphatic heterocycles. The Morgan fingerprint density at radius 1 is 0.420 bits per heavy atom. The molecule has 1 aliphatic carbocycles. The Labute approximate surface area is 293 Å². The van der Waals surface area contributed by atoms with Gasteiger partial charge >= 0.3 is 0 Å². The van der Waals surface area contributed by atoms with Gasteiger partial charge in [0.25, 0.3) is 0 Å². The zero-order valence-corrected chi connectivity index (χ0v) is 28.9. The van der Waals surface area contributed by atoms with Crippen molar-refractivity contribution in [3.05, 3.63) is 180 Å². The summed E-state index contributed by atoms with van der Waals surface area (Å²) in [5.74, 6) is 0. The Balaban J connectivity index is 1.09. The number of benzene rings is 7. The van der Waals surface area contributed by atoms with E-state index < -0.39 is 0 Å². The standard InChI is InChI=1S/C48H38N2/c1-47(2)40-19-11-12-21-45(40)50-44-27-23-31(28-39(44)38-18-13-20-41(47)46(38)50)32-22-25-36-37-26-24-35(30-43(37)48(3,4)42(36)29-32)49(33-14-7-5-8-15-33)34-16-9-6-10-17-34/h5-30H,1-4H3. The van der Waals surface area contributed by atoms with Gasteiger partial charge in [0.1, 0.15) is 0 Å². The molecular weight excluding hydrogens is 605 g/mol. The van der Waals surface area contributed by atoms with Crippen molar-refractivity contribution in [1.29, 1.82) is 0 Å². The predicted octanol–water partition coefficient (Wildman–Crippen LogP) is 12.9. The van der Waals surface area contributed by atoms with Crippen LogP contribution < -0.4 is 4.90 Å². The van der Waals surface area contributed by atoms with Gasteiger partial charge < -0.3 is 9.47 Å². The van der Waals surface area contributed by atoms with Crippen LogP contribution in [0.15, 0.2) is 158 Å². The van der Waals surface area contributed by atoms with Gasteiger partial charge in [0.2, 0.25) is 0 Å². The Hall–Kier alpha value is -5.86. The van der Waals surface area contributed by atoms with Crippen LogP contribution in [0.25, 0.3) is 49.7 Å². The van der Waals surface area contributed by atoms with Gasteiger partial charge in [-0.25, -0.2) is 0 Å². The molecule has 2 nitrogen and oxygen atoms in total. The second kappa shape index (κ2) is 10.3. The summed E-state index contributed by atoms with van der Waals surface area (Å²) in [5, 5.41) is 2.63. The molecule has 8 aromatic rings. The molecule has 0 amide bonds. The molecule has 0 bridgehead atoms. The molecule has 0 N–H and O–H groups in total. The largest absolute Gasteiger partial charge is 0.310 e. The average molecular weight is 643 g/mol. The summed E-state index contributed by atoms with van der Waals surface area (Å²) in [4.78, 5) is 2.36. The van der Waals surface area contributed by atoms with Gasteiger partial charge in [-0.2, -0.15) is 0 Å². The van der Waals surface area contributed by atoms with Crippen LogP contribution in [0.1, 0.15) is 49.9 Å². The summed E-state index contributed by atoms with van der Waals surface area (Å²) in [7, 11) is 0. The van der Waals surface area contributed by atoms with Crippen LogP contribution in [-0.4, -0.2) is 4.57 Å². The van der Waals surface area contributed by atoms with Crippen LogP contribution in [0.2, 0.25) is 0 Å². The molecule has 240 valence electrons. The van der Waals surface area contributed by atoms with Crippen molar-refractivity contribution in [3.8, 4) is 27.9 Å².